The van der Waals surface area contributed by atoms with E-state index >= 15 is 0 Å². The number of rotatable bonds is 4. The summed E-state index contributed by atoms with van der Waals surface area (Å²) in [5, 5.41) is 2.83. The fourth-order valence-electron chi connectivity index (χ4n) is 2.33. The molecule has 0 unspecified atom stereocenters. The molecule has 2 rings (SSSR count). The molecule has 1 N–H and O–H groups in total. The highest BCUT2D eigenvalue weighted by Crippen LogP contribution is 2.10. The maximum absolute atomic E-state index is 12.5. The zero-order valence-corrected chi connectivity index (χ0v) is 14.8. The van der Waals surface area contributed by atoms with Gasteiger partial charge in [-0.25, -0.2) is 0 Å². The van der Waals surface area contributed by atoms with Gasteiger partial charge in [0.15, 0.2) is 0 Å². The largest absolute Gasteiger partial charge is 0.352 e. The summed E-state index contributed by atoms with van der Waals surface area (Å²) in [5.74, 6) is 0.0950. The van der Waals surface area contributed by atoms with E-state index in [0.29, 0.717) is 18.5 Å². The van der Waals surface area contributed by atoms with Crippen molar-refractivity contribution in [2.24, 2.45) is 0 Å². The van der Waals surface area contributed by atoms with E-state index in [1.54, 1.807) is 0 Å². The Morgan fingerprint density at radius 3 is 2.39 bits per heavy atom. The summed E-state index contributed by atoms with van der Waals surface area (Å²) in [5.41, 5.74) is 1.65. The highest BCUT2D eigenvalue weighted by Gasteiger charge is 2.20. The summed E-state index contributed by atoms with van der Waals surface area (Å²) in [6.45, 7) is 9.66. The molecule has 1 saturated heterocycles. The van der Waals surface area contributed by atoms with Gasteiger partial charge in [-0.05, 0) is 24.7 Å². The molecule has 0 spiro atoms. The van der Waals surface area contributed by atoms with Crippen LogP contribution in [0.5, 0.6) is 0 Å². The second kappa shape index (κ2) is 10.0. The molecule has 128 valence electrons. The van der Waals surface area contributed by atoms with Crippen molar-refractivity contribution in [1.29, 1.82) is 0 Å². The van der Waals surface area contributed by atoms with Gasteiger partial charge in [-0.2, -0.15) is 0 Å². The van der Waals surface area contributed by atoms with Gasteiger partial charge in [-0.3, -0.25) is 9.59 Å². The minimum atomic E-state index is 0.0193. The summed E-state index contributed by atoms with van der Waals surface area (Å²) in [7, 11) is 2.07. The Morgan fingerprint density at radius 1 is 1.13 bits per heavy atom. The molecule has 5 nitrogen and oxygen atoms in total. The number of carbonyl (C=O) groups excluding carboxylic acids is 2. The summed E-state index contributed by atoms with van der Waals surface area (Å²) in [6.07, 6.45) is 0.472. The first-order chi connectivity index (χ1) is 11.1. The van der Waals surface area contributed by atoms with Crippen LogP contribution < -0.4 is 5.32 Å². The predicted molar refractivity (Wildman–Crippen MR) is 93.3 cm³/mol. The van der Waals surface area contributed by atoms with E-state index in [-0.39, 0.29) is 11.8 Å². The molecule has 1 aliphatic heterocycles. The van der Waals surface area contributed by atoms with E-state index in [4.69, 9.17) is 0 Å². The number of nitrogens with zero attached hydrogens (tertiary/aromatic N) is 2. The Balaban J connectivity index is 0.00000127. The monoisotopic (exact) mass is 319 g/mol. The van der Waals surface area contributed by atoms with Crippen LogP contribution in [0.2, 0.25) is 0 Å². The lowest BCUT2D eigenvalue weighted by atomic mass is 10.1. The van der Waals surface area contributed by atoms with Gasteiger partial charge in [-0.1, -0.05) is 32.9 Å². The van der Waals surface area contributed by atoms with Crippen molar-refractivity contribution in [3.05, 3.63) is 35.4 Å². The van der Waals surface area contributed by atoms with Crippen LogP contribution >= 0.6 is 0 Å². The molecule has 1 aliphatic rings. The summed E-state index contributed by atoms with van der Waals surface area (Å²) >= 11 is 0. The molecule has 0 saturated carbocycles. The van der Waals surface area contributed by atoms with Gasteiger partial charge in [-0.15, -0.1) is 0 Å². The predicted octanol–water partition coefficient (Wildman–Crippen LogP) is 2.13. The van der Waals surface area contributed by atoms with Gasteiger partial charge in [0.25, 0.3) is 5.91 Å². The quantitative estimate of drug-likeness (QED) is 0.925. The van der Waals surface area contributed by atoms with Gasteiger partial charge in [0.2, 0.25) is 5.91 Å². The third-order valence-corrected chi connectivity index (χ3v) is 3.78. The number of hydrogen-bond donors (Lipinski definition) is 1. The number of amides is 2. The van der Waals surface area contributed by atoms with Crippen LogP contribution in [0, 0.1) is 0 Å². The average Bonchev–Trinajstić information content (AvgIpc) is 2.61. The lowest BCUT2D eigenvalue weighted by Crippen LogP contribution is -2.47. The summed E-state index contributed by atoms with van der Waals surface area (Å²) in [4.78, 5) is 27.9. The van der Waals surface area contributed by atoms with Crippen molar-refractivity contribution in [3.8, 4) is 0 Å². The van der Waals surface area contributed by atoms with Crippen molar-refractivity contribution < 1.29 is 9.59 Å². The highest BCUT2D eigenvalue weighted by atomic mass is 16.2. The molecular formula is C18H29N3O2. The zero-order valence-electron chi connectivity index (χ0n) is 14.8. The van der Waals surface area contributed by atoms with Crippen LogP contribution in [0.25, 0.3) is 0 Å². The van der Waals surface area contributed by atoms with Crippen LogP contribution in [0.4, 0.5) is 0 Å². The first-order valence-corrected chi connectivity index (χ1v) is 8.43. The third-order valence-electron chi connectivity index (χ3n) is 3.78. The van der Waals surface area contributed by atoms with Gasteiger partial charge in [0, 0.05) is 44.7 Å². The van der Waals surface area contributed by atoms with Crippen LogP contribution in [0.15, 0.2) is 24.3 Å². The fourth-order valence-corrected chi connectivity index (χ4v) is 2.33. The minimum absolute atomic E-state index is 0.0193. The second-order valence-electron chi connectivity index (χ2n) is 5.43. The van der Waals surface area contributed by atoms with Crippen LogP contribution in [-0.4, -0.2) is 54.8 Å². The number of carbonyl (C=O) groups is 2. The van der Waals surface area contributed by atoms with Crippen LogP contribution in [0.3, 0.4) is 0 Å². The van der Waals surface area contributed by atoms with E-state index in [1.165, 1.54) is 0 Å². The maximum atomic E-state index is 12.5. The Hall–Kier alpha value is -1.88. The number of nitrogens with one attached hydrogen (secondary N) is 1. The summed E-state index contributed by atoms with van der Waals surface area (Å²) < 4.78 is 0. The molecule has 0 atom stereocenters. The highest BCUT2D eigenvalue weighted by molar-refractivity contribution is 5.94. The normalized spacial score (nSPS) is 14.7. The zero-order chi connectivity index (χ0) is 17.2. The van der Waals surface area contributed by atoms with Gasteiger partial charge in [0.05, 0.1) is 0 Å². The Morgan fingerprint density at radius 2 is 1.78 bits per heavy atom. The van der Waals surface area contributed by atoms with Gasteiger partial charge >= 0.3 is 0 Å². The lowest BCUT2D eigenvalue weighted by Gasteiger charge is -2.32. The molecule has 0 aliphatic carbocycles. The van der Waals surface area contributed by atoms with E-state index in [1.807, 2.05) is 49.9 Å². The Labute approximate surface area is 139 Å². The molecule has 1 aromatic carbocycles. The molecular weight excluding hydrogens is 290 g/mol. The van der Waals surface area contributed by atoms with Crippen LogP contribution in [0.1, 0.15) is 43.1 Å². The van der Waals surface area contributed by atoms with Crippen LogP contribution in [-0.2, 0) is 11.3 Å². The first kappa shape index (κ1) is 19.2. The van der Waals surface area contributed by atoms with Gasteiger partial charge < -0.3 is 15.1 Å². The molecule has 5 heteroatoms. The molecule has 0 radical (unpaired) electrons. The van der Waals surface area contributed by atoms with Crippen molar-refractivity contribution in [2.45, 2.75) is 33.7 Å². The SMILES string of the molecule is CC.CCC(=O)NCc1cccc(C(=O)N2CCN(C)CC2)c1. The molecule has 23 heavy (non-hydrogen) atoms. The van der Waals surface area contributed by atoms with E-state index in [9.17, 15) is 9.59 Å². The molecule has 1 aromatic rings. The maximum Gasteiger partial charge on any atom is 0.253 e. The Kier molecular flexibility index (Phi) is 8.33. The molecule has 2 amide bonds. The number of piperazine rings is 1. The van der Waals surface area contributed by atoms with E-state index < -0.39 is 0 Å². The molecule has 0 aromatic heterocycles. The average molecular weight is 319 g/mol. The molecule has 0 bridgehead atoms. The summed E-state index contributed by atoms with van der Waals surface area (Å²) in [6, 6.07) is 7.51. The smallest absolute Gasteiger partial charge is 0.253 e. The van der Waals surface area contributed by atoms with Crippen molar-refractivity contribution >= 4 is 11.8 Å². The minimum Gasteiger partial charge on any atom is -0.352 e. The third kappa shape index (κ3) is 6.02. The molecule has 1 heterocycles. The second-order valence-corrected chi connectivity index (χ2v) is 5.43. The topological polar surface area (TPSA) is 52.7 Å². The first-order valence-electron chi connectivity index (χ1n) is 8.43. The van der Waals surface area contributed by atoms with Crippen molar-refractivity contribution in [3.63, 3.8) is 0 Å². The van der Waals surface area contributed by atoms with Crippen molar-refractivity contribution in [2.75, 3.05) is 33.2 Å². The Bertz CT molecular complexity index is 509. The van der Waals surface area contributed by atoms with E-state index in [2.05, 4.69) is 17.3 Å². The number of benzene rings is 1. The standard InChI is InChI=1S/C16H23N3O2.C2H6/c1-3-15(20)17-12-13-5-4-6-14(11-13)16(21)19-9-7-18(2)8-10-19;1-2/h4-6,11H,3,7-10,12H2,1-2H3,(H,17,20);1-2H3. The van der Waals surface area contributed by atoms with Crippen molar-refractivity contribution in [1.82, 2.24) is 15.1 Å². The van der Waals surface area contributed by atoms with Gasteiger partial charge in [0.1, 0.15) is 0 Å². The van der Waals surface area contributed by atoms with E-state index in [0.717, 1.165) is 31.7 Å². The lowest BCUT2D eigenvalue weighted by molar-refractivity contribution is -0.120. The number of likely N-dealkylation sites (N-methyl/N-ethyl adjacent to an activating group) is 1. The number of hydrogen-bond acceptors (Lipinski definition) is 3. The fraction of sp³-hybridized carbons (Fsp3) is 0.556. The molecule has 1 fully saturated rings.